The van der Waals surface area contributed by atoms with Gasteiger partial charge in [-0.1, -0.05) is 39.0 Å². The van der Waals surface area contributed by atoms with Crippen molar-refractivity contribution in [3.63, 3.8) is 0 Å². The van der Waals surface area contributed by atoms with Crippen molar-refractivity contribution in [2.75, 3.05) is 0 Å². The predicted octanol–water partition coefficient (Wildman–Crippen LogP) is 4.24. The first-order chi connectivity index (χ1) is 7.75. The Morgan fingerprint density at radius 3 is 2.75 bits per heavy atom. The Morgan fingerprint density at radius 1 is 1.31 bits per heavy atom. The minimum Gasteiger partial charge on any atom is -0.387 e. The fourth-order valence-electron chi connectivity index (χ4n) is 1.72. The van der Waals surface area contributed by atoms with Crippen LogP contribution >= 0.6 is 15.9 Å². The third-order valence-corrected chi connectivity index (χ3v) is 3.35. The van der Waals surface area contributed by atoms with Gasteiger partial charge in [-0.05, 0) is 34.5 Å². The average Bonchev–Trinajstić information content (AvgIpc) is 2.29. The molecule has 0 spiro atoms. The second-order valence-electron chi connectivity index (χ2n) is 4.09. The predicted molar refractivity (Wildman–Crippen MR) is 70.3 cm³/mol. The van der Waals surface area contributed by atoms with Gasteiger partial charge in [-0.25, -0.2) is 0 Å². The van der Waals surface area contributed by atoms with E-state index in [1.54, 1.807) is 6.20 Å². The Bertz CT molecular complexity index is 304. The number of hydrogen-bond donors (Lipinski definition) is 1. The molecular weight excluding hydrogens is 266 g/mol. The zero-order valence-electron chi connectivity index (χ0n) is 9.82. The van der Waals surface area contributed by atoms with Crippen LogP contribution in [0.5, 0.6) is 0 Å². The molecular formula is C13H20BrNO. The fraction of sp³-hybridized carbons (Fsp3) is 0.615. The van der Waals surface area contributed by atoms with Crippen LogP contribution in [0.25, 0.3) is 0 Å². The van der Waals surface area contributed by atoms with Gasteiger partial charge in [-0.3, -0.25) is 4.98 Å². The minimum absolute atomic E-state index is 0.433. The zero-order chi connectivity index (χ0) is 11.8. The summed E-state index contributed by atoms with van der Waals surface area (Å²) in [5.74, 6) is 0. The van der Waals surface area contributed by atoms with Crippen LogP contribution in [0.3, 0.4) is 0 Å². The molecule has 3 heteroatoms. The largest absolute Gasteiger partial charge is 0.387 e. The lowest BCUT2D eigenvalue weighted by Gasteiger charge is -2.11. The molecule has 1 aromatic heterocycles. The Kier molecular flexibility index (Phi) is 6.65. The van der Waals surface area contributed by atoms with Gasteiger partial charge in [0.25, 0.3) is 0 Å². The van der Waals surface area contributed by atoms with Crippen LogP contribution in [-0.2, 0) is 0 Å². The zero-order valence-corrected chi connectivity index (χ0v) is 11.4. The standard InChI is InChI=1S/C13H20BrNO/c1-2-3-4-5-6-9-12(16)13-11(14)8-7-10-15-13/h7-8,10,12,16H,2-6,9H2,1H3. The van der Waals surface area contributed by atoms with E-state index in [2.05, 4.69) is 27.8 Å². The van der Waals surface area contributed by atoms with E-state index < -0.39 is 6.10 Å². The molecule has 0 aliphatic heterocycles. The Hall–Kier alpha value is -0.410. The van der Waals surface area contributed by atoms with Crippen molar-refractivity contribution in [2.24, 2.45) is 0 Å². The van der Waals surface area contributed by atoms with Gasteiger partial charge in [0.15, 0.2) is 0 Å². The second kappa shape index (κ2) is 7.80. The first-order valence-corrected chi connectivity index (χ1v) is 6.83. The molecule has 1 heterocycles. The molecule has 1 unspecified atom stereocenters. The van der Waals surface area contributed by atoms with E-state index in [-0.39, 0.29) is 0 Å². The summed E-state index contributed by atoms with van der Waals surface area (Å²) < 4.78 is 0.899. The van der Waals surface area contributed by atoms with Gasteiger partial charge in [0, 0.05) is 10.7 Å². The number of aliphatic hydroxyl groups excluding tert-OH is 1. The lowest BCUT2D eigenvalue weighted by atomic mass is 10.1. The number of rotatable bonds is 7. The molecule has 0 saturated heterocycles. The van der Waals surface area contributed by atoms with Gasteiger partial charge in [0.2, 0.25) is 0 Å². The van der Waals surface area contributed by atoms with Crippen molar-refractivity contribution in [1.82, 2.24) is 4.98 Å². The number of unbranched alkanes of at least 4 members (excludes halogenated alkanes) is 4. The molecule has 90 valence electrons. The van der Waals surface area contributed by atoms with Crippen LogP contribution < -0.4 is 0 Å². The SMILES string of the molecule is CCCCCCCC(O)c1ncccc1Br. The van der Waals surface area contributed by atoms with E-state index in [9.17, 15) is 5.11 Å². The molecule has 0 aliphatic carbocycles. The summed E-state index contributed by atoms with van der Waals surface area (Å²) in [4.78, 5) is 4.20. The van der Waals surface area contributed by atoms with Crippen molar-refractivity contribution in [1.29, 1.82) is 0 Å². The molecule has 0 bridgehead atoms. The van der Waals surface area contributed by atoms with Crippen LogP contribution in [0.2, 0.25) is 0 Å². The van der Waals surface area contributed by atoms with Crippen LogP contribution in [0.15, 0.2) is 22.8 Å². The van der Waals surface area contributed by atoms with Gasteiger partial charge in [0.1, 0.15) is 0 Å². The van der Waals surface area contributed by atoms with Crippen LogP contribution in [0.4, 0.5) is 0 Å². The van der Waals surface area contributed by atoms with Crippen LogP contribution in [0.1, 0.15) is 57.2 Å². The molecule has 1 rings (SSSR count). The second-order valence-corrected chi connectivity index (χ2v) is 4.94. The third kappa shape index (κ3) is 4.62. The third-order valence-electron chi connectivity index (χ3n) is 2.68. The normalized spacial score (nSPS) is 12.7. The molecule has 0 fully saturated rings. The van der Waals surface area contributed by atoms with Gasteiger partial charge in [0.05, 0.1) is 11.8 Å². The van der Waals surface area contributed by atoms with E-state index in [0.717, 1.165) is 23.0 Å². The van der Waals surface area contributed by atoms with Gasteiger partial charge < -0.3 is 5.11 Å². The highest BCUT2D eigenvalue weighted by atomic mass is 79.9. The van der Waals surface area contributed by atoms with Crippen LogP contribution in [-0.4, -0.2) is 10.1 Å². The summed E-state index contributed by atoms with van der Waals surface area (Å²) in [5.41, 5.74) is 0.762. The summed E-state index contributed by atoms with van der Waals surface area (Å²) in [7, 11) is 0. The van der Waals surface area contributed by atoms with Crippen molar-refractivity contribution in [3.8, 4) is 0 Å². The molecule has 1 aromatic rings. The van der Waals surface area contributed by atoms with E-state index in [1.165, 1.54) is 25.7 Å². The number of pyridine rings is 1. The molecule has 16 heavy (non-hydrogen) atoms. The number of aromatic nitrogens is 1. The van der Waals surface area contributed by atoms with E-state index in [1.807, 2.05) is 12.1 Å². The van der Waals surface area contributed by atoms with Crippen LogP contribution in [0, 0.1) is 0 Å². The number of aliphatic hydroxyl groups is 1. The van der Waals surface area contributed by atoms with Crippen molar-refractivity contribution in [3.05, 3.63) is 28.5 Å². The number of nitrogens with zero attached hydrogens (tertiary/aromatic N) is 1. The molecule has 1 N–H and O–H groups in total. The van der Waals surface area contributed by atoms with Crippen molar-refractivity contribution < 1.29 is 5.11 Å². The summed E-state index contributed by atoms with van der Waals surface area (Å²) in [5, 5.41) is 9.97. The number of hydrogen-bond acceptors (Lipinski definition) is 2. The van der Waals surface area contributed by atoms with E-state index in [0.29, 0.717) is 0 Å². The molecule has 0 saturated carbocycles. The molecule has 0 radical (unpaired) electrons. The summed E-state index contributed by atoms with van der Waals surface area (Å²) in [6.07, 6.45) is 8.20. The highest BCUT2D eigenvalue weighted by Crippen LogP contribution is 2.24. The lowest BCUT2D eigenvalue weighted by Crippen LogP contribution is -2.01. The molecule has 1 atom stereocenters. The lowest BCUT2D eigenvalue weighted by molar-refractivity contribution is 0.158. The highest BCUT2D eigenvalue weighted by Gasteiger charge is 2.11. The average molecular weight is 286 g/mol. The smallest absolute Gasteiger partial charge is 0.0971 e. The van der Waals surface area contributed by atoms with Gasteiger partial charge in [-0.15, -0.1) is 0 Å². The Balaban J connectivity index is 2.30. The summed E-state index contributed by atoms with van der Waals surface area (Å²) >= 11 is 3.41. The van der Waals surface area contributed by atoms with E-state index in [4.69, 9.17) is 0 Å². The van der Waals surface area contributed by atoms with Gasteiger partial charge in [-0.2, -0.15) is 0 Å². The quantitative estimate of drug-likeness (QED) is 0.760. The highest BCUT2D eigenvalue weighted by molar-refractivity contribution is 9.10. The van der Waals surface area contributed by atoms with E-state index >= 15 is 0 Å². The molecule has 2 nitrogen and oxygen atoms in total. The van der Waals surface area contributed by atoms with Crippen molar-refractivity contribution >= 4 is 15.9 Å². The number of halogens is 1. The van der Waals surface area contributed by atoms with Crippen molar-refractivity contribution in [2.45, 2.75) is 51.6 Å². The monoisotopic (exact) mass is 285 g/mol. The maximum absolute atomic E-state index is 9.97. The maximum Gasteiger partial charge on any atom is 0.0971 e. The van der Waals surface area contributed by atoms with Gasteiger partial charge >= 0.3 is 0 Å². The summed E-state index contributed by atoms with van der Waals surface area (Å²) in [6, 6.07) is 3.78. The first kappa shape index (κ1) is 13.7. The Labute approximate surface area is 106 Å². The summed E-state index contributed by atoms with van der Waals surface area (Å²) in [6.45, 7) is 2.21. The maximum atomic E-state index is 9.97. The topological polar surface area (TPSA) is 33.1 Å². The minimum atomic E-state index is -0.433. The first-order valence-electron chi connectivity index (χ1n) is 6.04. The molecule has 0 amide bonds. The Morgan fingerprint density at radius 2 is 2.06 bits per heavy atom. The molecule has 0 aromatic carbocycles. The fourth-order valence-corrected chi connectivity index (χ4v) is 2.24. The molecule has 0 aliphatic rings.